The lowest BCUT2D eigenvalue weighted by Crippen LogP contribution is -2.11. The SMILES string of the molecule is CCc1nnc2sc(-c3ccc(NC(=O)c4cccc([N+](=O)[O-])c4)cc3)nn12. The van der Waals surface area contributed by atoms with Crippen LogP contribution in [-0.2, 0) is 6.42 Å². The normalized spacial score (nSPS) is 10.9. The maximum Gasteiger partial charge on any atom is 0.270 e. The Balaban J connectivity index is 1.52. The van der Waals surface area contributed by atoms with E-state index in [1.54, 1.807) is 16.6 Å². The Morgan fingerprint density at radius 1 is 1.21 bits per heavy atom. The number of nitro benzene ring substituents is 1. The summed E-state index contributed by atoms with van der Waals surface area (Å²) in [5.74, 6) is 0.390. The molecule has 2 aromatic carbocycles. The Labute approximate surface area is 162 Å². The summed E-state index contributed by atoms with van der Waals surface area (Å²) in [5.41, 5.74) is 1.57. The number of fused-ring (bicyclic) bond motifs is 1. The molecule has 0 aliphatic carbocycles. The number of carbonyl (C=O) groups excluding carboxylic acids is 1. The first-order valence-electron chi connectivity index (χ1n) is 8.42. The van der Waals surface area contributed by atoms with Crippen LogP contribution in [0.5, 0.6) is 0 Å². The zero-order valence-corrected chi connectivity index (χ0v) is 15.5. The highest BCUT2D eigenvalue weighted by Gasteiger charge is 2.13. The third-order valence-electron chi connectivity index (χ3n) is 4.08. The molecule has 0 saturated heterocycles. The van der Waals surface area contributed by atoms with Crippen molar-refractivity contribution in [3.8, 4) is 10.6 Å². The highest BCUT2D eigenvalue weighted by atomic mass is 32.1. The van der Waals surface area contributed by atoms with Gasteiger partial charge in [-0.15, -0.1) is 10.2 Å². The van der Waals surface area contributed by atoms with Gasteiger partial charge in [-0.25, -0.2) is 0 Å². The van der Waals surface area contributed by atoms with Crippen LogP contribution >= 0.6 is 11.3 Å². The number of aryl methyl sites for hydroxylation is 1. The van der Waals surface area contributed by atoms with Gasteiger partial charge in [-0.2, -0.15) is 9.61 Å². The summed E-state index contributed by atoms with van der Waals surface area (Å²) in [6.45, 7) is 1.99. The minimum absolute atomic E-state index is 0.127. The monoisotopic (exact) mass is 394 g/mol. The Morgan fingerprint density at radius 3 is 2.71 bits per heavy atom. The number of non-ortho nitro benzene ring substituents is 1. The van der Waals surface area contributed by atoms with Crippen LogP contribution in [0.15, 0.2) is 48.5 Å². The van der Waals surface area contributed by atoms with Gasteiger partial charge in [0.05, 0.1) is 4.92 Å². The van der Waals surface area contributed by atoms with Crippen molar-refractivity contribution < 1.29 is 9.72 Å². The van der Waals surface area contributed by atoms with E-state index in [1.807, 2.05) is 19.1 Å². The molecule has 4 aromatic rings. The van der Waals surface area contributed by atoms with Gasteiger partial charge in [0.25, 0.3) is 11.6 Å². The molecule has 140 valence electrons. The predicted molar refractivity (Wildman–Crippen MR) is 105 cm³/mol. The lowest BCUT2D eigenvalue weighted by atomic mass is 10.1. The molecule has 10 heteroatoms. The lowest BCUT2D eigenvalue weighted by molar-refractivity contribution is -0.384. The smallest absolute Gasteiger partial charge is 0.270 e. The number of hydrogen-bond donors (Lipinski definition) is 1. The lowest BCUT2D eigenvalue weighted by Gasteiger charge is -2.06. The zero-order chi connectivity index (χ0) is 19.7. The van der Waals surface area contributed by atoms with Crippen molar-refractivity contribution in [2.75, 3.05) is 5.32 Å². The van der Waals surface area contributed by atoms with Crippen molar-refractivity contribution in [1.82, 2.24) is 19.8 Å². The molecule has 2 aromatic heterocycles. The topological polar surface area (TPSA) is 115 Å². The number of rotatable bonds is 5. The number of hydrogen-bond acceptors (Lipinski definition) is 7. The van der Waals surface area contributed by atoms with Crippen LogP contribution in [0.25, 0.3) is 15.5 Å². The largest absolute Gasteiger partial charge is 0.322 e. The van der Waals surface area contributed by atoms with Gasteiger partial charge < -0.3 is 5.32 Å². The molecule has 0 fully saturated rings. The Kier molecular flexibility index (Phi) is 4.53. The summed E-state index contributed by atoms with van der Waals surface area (Å²) in [7, 11) is 0. The molecular formula is C18H14N6O3S. The fourth-order valence-electron chi connectivity index (χ4n) is 2.65. The van der Waals surface area contributed by atoms with Gasteiger partial charge in [-0.3, -0.25) is 14.9 Å². The van der Waals surface area contributed by atoms with Gasteiger partial charge in [-0.05, 0) is 30.3 Å². The predicted octanol–water partition coefficient (Wildman–Crippen LogP) is 3.58. The first kappa shape index (κ1) is 17.7. The Hall–Kier alpha value is -3.66. The van der Waals surface area contributed by atoms with Gasteiger partial charge in [0.15, 0.2) is 5.82 Å². The second kappa shape index (κ2) is 7.16. The molecule has 1 N–H and O–H groups in total. The van der Waals surface area contributed by atoms with Crippen molar-refractivity contribution in [3.63, 3.8) is 0 Å². The fourth-order valence-corrected chi connectivity index (χ4v) is 3.52. The van der Waals surface area contributed by atoms with E-state index in [2.05, 4.69) is 20.6 Å². The molecule has 0 aliphatic heterocycles. The zero-order valence-electron chi connectivity index (χ0n) is 14.7. The van der Waals surface area contributed by atoms with Crippen molar-refractivity contribution in [2.45, 2.75) is 13.3 Å². The molecule has 2 heterocycles. The standard InChI is InChI=1S/C18H14N6O3S/c1-2-15-20-21-18-23(15)22-17(28-18)11-6-8-13(9-7-11)19-16(25)12-4-3-5-14(10-12)24(26)27/h3-10H,2H2,1H3,(H,19,25). The maximum atomic E-state index is 12.3. The van der Waals surface area contributed by atoms with E-state index >= 15 is 0 Å². The number of aromatic nitrogens is 4. The molecule has 0 bridgehead atoms. The first-order valence-corrected chi connectivity index (χ1v) is 9.24. The second-order valence-electron chi connectivity index (χ2n) is 5.91. The summed E-state index contributed by atoms with van der Waals surface area (Å²) in [4.78, 5) is 23.4. The number of amides is 1. The third-order valence-corrected chi connectivity index (χ3v) is 5.03. The summed E-state index contributed by atoms with van der Waals surface area (Å²) in [6.07, 6.45) is 0.743. The average Bonchev–Trinajstić information content (AvgIpc) is 3.29. The molecule has 0 saturated carbocycles. The third kappa shape index (κ3) is 3.32. The summed E-state index contributed by atoms with van der Waals surface area (Å²) >= 11 is 1.43. The van der Waals surface area contributed by atoms with Gasteiger partial charge in [0.2, 0.25) is 4.96 Å². The summed E-state index contributed by atoms with van der Waals surface area (Å²) < 4.78 is 1.73. The van der Waals surface area contributed by atoms with Crippen molar-refractivity contribution in [1.29, 1.82) is 0 Å². The molecule has 0 unspecified atom stereocenters. The number of nitrogens with zero attached hydrogens (tertiary/aromatic N) is 5. The van der Waals surface area contributed by atoms with Crippen molar-refractivity contribution >= 4 is 33.6 Å². The van der Waals surface area contributed by atoms with E-state index in [-0.39, 0.29) is 11.3 Å². The molecule has 4 rings (SSSR count). The van der Waals surface area contributed by atoms with E-state index in [0.717, 1.165) is 27.8 Å². The van der Waals surface area contributed by atoms with Gasteiger partial charge >= 0.3 is 0 Å². The minimum Gasteiger partial charge on any atom is -0.322 e. The van der Waals surface area contributed by atoms with E-state index in [1.165, 1.54) is 35.6 Å². The highest BCUT2D eigenvalue weighted by Crippen LogP contribution is 2.27. The quantitative estimate of drug-likeness (QED) is 0.409. The van der Waals surface area contributed by atoms with Crippen LogP contribution < -0.4 is 5.32 Å². The summed E-state index contributed by atoms with van der Waals surface area (Å²) in [6, 6.07) is 12.8. The average molecular weight is 394 g/mol. The molecule has 1 amide bonds. The van der Waals surface area contributed by atoms with Crippen LogP contribution in [0.1, 0.15) is 23.1 Å². The fraction of sp³-hybridized carbons (Fsp3) is 0.111. The summed E-state index contributed by atoms with van der Waals surface area (Å²) in [5, 5.41) is 27.1. The van der Waals surface area contributed by atoms with Crippen LogP contribution in [0.3, 0.4) is 0 Å². The number of anilines is 1. The minimum atomic E-state index is -0.532. The molecular weight excluding hydrogens is 380 g/mol. The molecule has 0 aliphatic rings. The van der Waals surface area contributed by atoms with Crippen molar-refractivity contribution in [2.24, 2.45) is 0 Å². The Bertz CT molecular complexity index is 1180. The Morgan fingerprint density at radius 2 is 2.00 bits per heavy atom. The van der Waals surface area contributed by atoms with Crippen LogP contribution in [0.2, 0.25) is 0 Å². The number of nitrogens with one attached hydrogen (secondary N) is 1. The van der Waals surface area contributed by atoms with E-state index in [4.69, 9.17) is 0 Å². The van der Waals surface area contributed by atoms with Crippen LogP contribution in [0, 0.1) is 10.1 Å². The maximum absolute atomic E-state index is 12.3. The number of carbonyl (C=O) groups is 1. The van der Waals surface area contributed by atoms with Gasteiger partial charge in [0.1, 0.15) is 5.01 Å². The van der Waals surface area contributed by atoms with Gasteiger partial charge in [-0.1, -0.05) is 24.3 Å². The van der Waals surface area contributed by atoms with E-state index in [9.17, 15) is 14.9 Å². The van der Waals surface area contributed by atoms with E-state index in [0.29, 0.717) is 5.69 Å². The van der Waals surface area contributed by atoms with Gasteiger partial charge in [0, 0.05) is 35.4 Å². The number of benzene rings is 2. The molecule has 0 radical (unpaired) electrons. The molecule has 0 spiro atoms. The van der Waals surface area contributed by atoms with Crippen LogP contribution in [-0.4, -0.2) is 30.6 Å². The molecule has 0 atom stereocenters. The molecule has 9 nitrogen and oxygen atoms in total. The molecule has 28 heavy (non-hydrogen) atoms. The van der Waals surface area contributed by atoms with E-state index < -0.39 is 10.8 Å². The number of nitro groups is 1. The highest BCUT2D eigenvalue weighted by molar-refractivity contribution is 7.19. The first-order chi connectivity index (χ1) is 13.5. The second-order valence-corrected chi connectivity index (χ2v) is 6.87. The van der Waals surface area contributed by atoms with Crippen molar-refractivity contribution in [3.05, 3.63) is 70.0 Å². The van der Waals surface area contributed by atoms with Crippen LogP contribution in [0.4, 0.5) is 11.4 Å².